The molecule has 0 fully saturated rings. The van der Waals surface area contributed by atoms with Crippen molar-refractivity contribution in [3.63, 3.8) is 0 Å². The smallest absolute Gasteiger partial charge is 0.251 e. The number of primary amides is 1. The minimum absolute atomic E-state index is 0.0282. The van der Waals surface area contributed by atoms with Crippen LogP contribution in [-0.4, -0.2) is 33.2 Å². The molecule has 8 nitrogen and oxygen atoms in total. The van der Waals surface area contributed by atoms with Crippen LogP contribution in [0, 0.1) is 5.82 Å². The van der Waals surface area contributed by atoms with Crippen LogP contribution >= 0.6 is 0 Å². The molecule has 0 bridgehead atoms. The third kappa shape index (κ3) is 5.21. The van der Waals surface area contributed by atoms with Crippen molar-refractivity contribution >= 4 is 22.6 Å². The molecule has 0 radical (unpaired) electrons. The fourth-order valence-electron chi connectivity index (χ4n) is 3.50. The molecule has 2 unspecified atom stereocenters. The summed E-state index contributed by atoms with van der Waals surface area (Å²) < 4.78 is 18.3. The van der Waals surface area contributed by atoms with Crippen molar-refractivity contribution in [2.75, 3.05) is 0 Å². The van der Waals surface area contributed by atoms with Gasteiger partial charge in [-0.2, -0.15) is 4.98 Å². The molecule has 1 heterocycles. The average molecular weight is 448 g/mol. The second kappa shape index (κ2) is 9.58. The van der Waals surface area contributed by atoms with Crippen molar-refractivity contribution in [2.45, 2.75) is 25.0 Å². The number of aliphatic hydroxyl groups excluding tert-OH is 1. The van der Waals surface area contributed by atoms with E-state index >= 15 is 0 Å². The summed E-state index contributed by atoms with van der Waals surface area (Å²) in [6, 6.07) is 18.7. The van der Waals surface area contributed by atoms with Gasteiger partial charge in [0, 0.05) is 5.56 Å². The third-order valence-electron chi connectivity index (χ3n) is 5.26. The third-order valence-corrected chi connectivity index (χ3v) is 5.26. The Hall–Kier alpha value is -4.11. The fourth-order valence-corrected chi connectivity index (χ4v) is 3.50. The molecule has 0 aliphatic heterocycles. The Balaban J connectivity index is 1.50. The summed E-state index contributed by atoms with van der Waals surface area (Å²) >= 11 is 0. The van der Waals surface area contributed by atoms with Crippen LogP contribution in [0.3, 0.4) is 0 Å². The van der Waals surface area contributed by atoms with Crippen LogP contribution in [0.2, 0.25) is 0 Å². The number of aromatic nitrogens is 2. The van der Waals surface area contributed by atoms with Crippen molar-refractivity contribution in [2.24, 2.45) is 5.73 Å². The molecule has 0 aliphatic carbocycles. The minimum atomic E-state index is -1.54. The van der Waals surface area contributed by atoms with Gasteiger partial charge in [-0.05, 0) is 47.0 Å². The lowest BCUT2D eigenvalue weighted by Gasteiger charge is -2.17. The van der Waals surface area contributed by atoms with Crippen LogP contribution in [0.25, 0.3) is 10.8 Å². The van der Waals surface area contributed by atoms with Gasteiger partial charge in [0.05, 0.1) is 12.5 Å². The van der Waals surface area contributed by atoms with Crippen molar-refractivity contribution in [1.29, 1.82) is 0 Å². The molecule has 0 aliphatic rings. The first-order valence-corrected chi connectivity index (χ1v) is 10.2. The number of benzene rings is 3. The first-order chi connectivity index (χ1) is 15.9. The number of fused-ring (bicyclic) bond motifs is 1. The summed E-state index contributed by atoms with van der Waals surface area (Å²) in [7, 11) is 0. The van der Waals surface area contributed by atoms with Gasteiger partial charge in [0.1, 0.15) is 11.9 Å². The van der Waals surface area contributed by atoms with Crippen molar-refractivity contribution in [3.8, 4) is 0 Å². The van der Waals surface area contributed by atoms with Crippen molar-refractivity contribution in [1.82, 2.24) is 15.5 Å². The van der Waals surface area contributed by atoms with Crippen LogP contribution in [0.4, 0.5) is 4.39 Å². The molecular weight excluding hydrogens is 427 g/mol. The number of carbonyl (C=O) groups is 2. The van der Waals surface area contributed by atoms with Gasteiger partial charge >= 0.3 is 0 Å². The molecular formula is C24H21FN4O4. The molecule has 2 amide bonds. The first kappa shape index (κ1) is 22.1. The zero-order valence-electron chi connectivity index (χ0n) is 17.4. The molecule has 4 rings (SSSR count). The van der Waals surface area contributed by atoms with E-state index < -0.39 is 29.7 Å². The topological polar surface area (TPSA) is 131 Å². The number of rotatable bonds is 8. The van der Waals surface area contributed by atoms with Crippen molar-refractivity contribution in [3.05, 3.63) is 95.4 Å². The first-order valence-electron chi connectivity index (χ1n) is 10.2. The Morgan fingerprint density at radius 2 is 1.79 bits per heavy atom. The maximum absolute atomic E-state index is 13.0. The number of nitrogens with one attached hydrogen (secondary N) is 1. The molecule has 0 saturated carbocycles. The minimum Gasteiger partial charge on any atom is -0.382 e. The average Bonchev–Trinajstić information content (AvgIpc) is 3.29. The number of amides is 2. The zero-order chi connectivity index (χ0) is 23.4. The van der Waals surface area contributed by atoms with Crippen LogP contribution in [0.15, 0.2) is 71.3 Å². The molecule has 0 spiro atoms. The van der Waals surface area contributed by atoms with Gasteiger partial charge in [-0.25, -0.2) is 4.39 Å². The standard InChI is InChI=1S/C24H21FN4O4/c25-18-9-7-16(8-10-18)23(32)27-13-20-28-24(33-29-20)19(21(30)22(26)31)12-14-5-6-15-3-1-2-4-17(15)11-14/h1-11,19,21,30H,12-13H2,(H2,26,31)(H,27,32). The fraction of sp³-hybridized carbons (Fsp3) is 0.167. The maximum Gasteiger partial charge on any atom is 0.251 e. The Bertz CT molecular complexity index is 1290. The second-order valence-electron chi connectivity index (χ2n) is 7.58. The highest BCUT2D eigenvalue weighted by atomic mass is 19.1. The van der Waals surface area contributed by atoms with E-state index in [-0.39, 0.29) is 30.2 Å². The normalized spacial score (nSPS) is 12.9. The summed E-state index contributed by atoms with van der Waals surface area (Å²) in [4.78, 5) is 28.1. The van der Waals surface area contributed by atoms with Gasteiger partial charge in [0.2, 0.25) is 11.8 Å². The molecule has 1 aromatic heterocycles. The molecule has 4 N–H and O–H groups in total. The van der Waals surface area contributed by atoms with Crippen LogP contribution in [-0.2, 0) is 17.8 Å². The van der Waals surface area contributed by atoms with Crippen molar-refractivity contribution < 1.29 is 23.6 Å². The van der Waals surface area contributed by atoms with E-state index in [0.29, 0.717) is 0 Å². The van der Waals surface area contributed by atoms with Crippen LogP contribution < -0.4 is 11.1 Å². The number of carbonyl (C=O) groups excluding carboxylic acids is 2. The van der Waals surface area contributed by atoms with E-state index in [1.54, 1.807) is 0 Å². The molecule has 0 saturated heterocycles. The van der Waals surface area contributed by atoms with E-state index in [0.717, 1.165) is 16.3 Å². The number of aliphatic hydroxyl groups is 1. The van der Waals surface area contributed by atoms with E-state index in [1.807, 2.05) is 42.5 Å². The van der Waals surface area contributed by atoms with E-state index in [2.05, 4.69) is 15.5 Å². The summed E-state index contributed by atoms with van der Waals surface area (Å²) in [5.41, 5.74) is 6.46. The SMILES string of the molecule is NC(=O)C(O)C(Cc1ccc2ccccc2c1)c1nc(CNC(=O)c2ccc(F)cc2)no1. The lowest BCUT2D eigenvalue weighted by molar-refractivity contribution is -0.127. The Kier molecular flexibility index (Phi) is 6.41. The predicted octanol–water partition coefficient (Wildman–Crippen LogP) is 2.46. The second-order valence-corrected chi connectivity index (χ2v) is 7.58. The molecule has 168 valence electrons. The Labute approximate surface area is 188 Å². The predicted molar refractivity (Wildman–Crippen MR) is 117 cm³/mol. The lowest BCUT2D eigenvalue weighted by atomic mass is 9.92. The highest BCUT2D eigenvalue weighted by Crippen LogP contribution is 2.26. The van der Waals surface area contributed by atoms with Crippen LogP contribution in [0.5, 0.6) is 0 Å². The summed E-state index contributed by atoms with van der Waals surface area (Å²) in [5.74, 6) is -2.48. The van der Waals surface area contributed by atoms with Crippen LogP contribution in [0.1, 0.15) is 33.6 Å². The van der Waals surface area contributed by atoms with E-state index in [4.69, 9.17) is 10.3 Å². The molecule has 2 atom stereocenters. The number of halogens is 1. The Morgan fingerprint density at radius 1 is 1.06 bits per heavy atom. The summed E-state index contributed by atoms with van der Waals surface area (Å²) in [5, 5.41) is 18.9. The van der Waals surface area contributed by atoms with E-state index in [1.165, 1.54) is 24.3 Å². The molecule has 9 heteroatoms. The zero-order valence-corrected chi connectivity index (χ0v) is 17.4. The van der Waals surface area contributed by atoms with Gasteiger partial charge in [0.25, 0.3) is 5.91 Å². The lowest BCUT2D eigenvalue weighted by Crippen LogP contribution is -2.35. The van der Waals surface area contributed by atoms with Gasteiger partial charge in [0.15, 0.2) is 5.82 Å². The Morgan fingerprint density at radius 3 is 2.52 bits per heavy atom. The highest BCUT2D eigenvalue weighted by Gasteiger charge is 2.31. The van der Waals surface area contributed by atoms with Gasteiger partial charge in [-0.3, -0.25) is 9.59 Å². The maximum atomic E-state index is 13.0. The largest absolute Gasteiger partial charge is 0.382 e. The molecule has 33 heavy (non-hydrogen) atoms. The van der Waals surface area contributed by atoms with E-state index in [9.17, 15) is 19.1 Å². The monoisotopic (exact) mass is 448 g/mol. The van der Waals surface area contributed by atoms with Gasteiger partial charge in [-0.1, -0.05) is 47.6 Å². The summed E-state index contributed by atoms with van der Waals surface area (Å²) in [6.45, 7) is -0.0604. The molecule has 3 aromatic carbocycles. The number of hydrogen-bond donors (Lipinski definition) is 3. The summed E-state index contributed by atoms with van der Waals surface area (Å²) in [6.07, 6.45) is -1.31. The quantitative estimate of drug-likeness (QED) is 0.379. The van der Waals surface area contributed by atoms with Gasteiger partial charge < -0.3 is 20.7 Å². The number of hydrogen-bond acceptors (Lipinski definition) is 6. The number of nitrogens with two attached hydrogens (primary N) is 1. The molecule has 4 aromatic rings. The highest BCUT2D eigenvalue weighted by molar-refractivity contribution is 5.94. The van der Waals surface area contributed by atoms with Gasteiger partial charge in [-0.15, -0.1) is 0 Å². The number of nitrogens with zero attached hydrogens (tertiary/aromatic N) is 2.